The Morgan fingerprint density at radius 1 is 1.37 bits per heavy atom. The molecule has 0 aromatic heterocycles. The molecule has 2 aliphatic rings. The molecule has 0 bridgehead atoms. The van der Waals surface area contributed by atoms with E-state index in [0.29, 0.717) is 17.8 Å². The second kappa shape index (κ2) is 4.84. The van der Waals surface area contributed by atoms with Crippen LogP contribution in [0.3, 0.4) is 0 Å². The molecule has 0 aliphatic carbocycles. The van der Waals surface area contributed by atoms with Crippen LogP contribution < -0.4 is 10.6 Å². The van der Waals surface area contributed by atoms with Crippen molar-refractivity contribution < 1.29 is 4.39 Å². The fourth-order valence-electron chi connectivity index (χ4n) is 3.32. The molecule has 19 heavy (non-hydrogen) atoms. The van der Waals surface area contributed by atoms with E-state index in [1.165, 1.54) is 31.5 Å². The highest BCUT2D eigenvalue weighted by atomic mass is 35.5. The van der Waals surface area contributed by atoms with E-state index in [0.717, 1.165) is 18.8 Å². The van der Waals surface area contributed by atoms with Crippen molar-refractivity contribution in [3.05, 3.63) is 23.0 Å². The van der Waals surface area contributed by atoms with E-state index >= 15 is 0 Å². The van der Waals surface area contributed by atoms with E-state index in [1.54, 1.807) is 0 Å². The Hall–Kier alpha value is -1.00. The molecule has 104 valence electrons. The molecule has 0 radical (unpaired) electrons. The van der Waals surface area contributed by atoms with Gasteiger partial charge in [0.15, 0.2) is 0 Å². The summed E-state index contributed by atoms with van der Waals surface area (Å²) in [5, 5.41) is 0.0911. The van der Waals surface area contributed by atoms with Gasteiger partial charge in [-0.25, -0.2) is 4.39 Å². The van der Waals surface area contributed by atoms with E-state index in [-0.39, 0.29) is 5.02 Å². The van der Waals surface area contributed by atoms with Crippen molar-refractivity contribution >= 4 is 23.0 Å². The number of nitrogens with zero attached hydrogens (tertiary/aromatic N) is 2. The number of benzene rings is 1. The Balaban J connectivity index is 1.91. The van der Waals surface area contributed by atoms with Gasteiger partial charge in [0.1, 0.15) is 5.82 Å². The highest BCUT2D eigenvalue weighted by molar-refractivity contribution is 6.31. The predicted molar refractivity (Wildman–Crippen MR) is 77.2 cm³/mol. The number of anilines is 2. The molecule has 3 nitrogen and oxygen atoms in total. The van der Waals surface area contributed by atoms with E-state index in [4.69, 9.17) is 17.3 Å². The molecule has 2 aliphatic heterocycles. The van der Waals surface area contributed by atoms with Gasteiger partial charge in [0, 0.05) is 31.2 Å². The summed E-state index contributed by atoms with van der Waals surface area (Å²) in [4.78, 5) is 4.75. The fourth-order valence-corrected chi connectivity index (χ4v) is 3.50. The monoisotopic (exact) mass is 283 g/mol. The minimum Gasteiger partial charge on any atom is -0.397 e. The Labute approximate surface area is 118 Å². The molecule has 0 amide bonds. The largest absolute Gasteiger partial charge is 0.397 e. The van der Waals surface area contributed by atoms with Crippen molar-refractivity contribution in [1.29, 1.82) is 0 Å². The van der Waals surface area contributed by atoms with Gasteiger partial charge < -0.3 is 10.6 Å². The lowest BCUT2D eigenvalue weighted by atomic mass is 10.1. The summed E-state index contributed by atoms with van der Waals surface area (Å²) in [7, 11) is 0. The Bertz CT molecular complexity index is 494. The van der Waals surface area contributed by atoms with Gasteiger partial charge in [-0.2, -0.15) is 0 Å². The van der Waals surface area contributed by atoms with Gasteiger partial charge in [-0.15, -0.1) is 0 Å². The second-order valence-electron chi connectivity index (χ2n) is 5.62. The molecule has 5 heteroatoms. The lowest BCUT2D eigenvalue weighted by Gasteiger charge is -2.44. The van der Waals surface area contributed by atoms with Crippen LogP contribution in [0, 0.1) is 5.82 Å². The topological polar surface area (TPSA) is 32.5 Å². The summed E-state index contributed by atoms with van der Waals surface area (Å²) in [6.45, 7) is 5.30. The van der Waals surface area contributed by atoms with Crippen LogP contribution in [0.5, 0.6) is 0 Å². The number of fused-ring (bicyclic) bond motifs is 1. The lowest BCUT2D eigenvalue weighted by Crippen LogP contribution is -2.55. The molecule has 0 saturated carbocycles. The maximum atomic E-state index is 13.7. The van der Waals surface area contributed by atoms with Gasteiger partial charge in [0.05, 0.1) is 16.4 Å². The van der Waals surface area contributed by atoms with Crippen molar-refractivity contribution in [2.45, 2.75) is 31.8 Å². The van der Waals surface area contributed by atoms with Crippen molar-refractivity contribution in [2.24, 2.45) is 0 Å². The number of hydrogen-bond donors (Lipinski definition) is 1. The highest BCUT2D eigenvalue weighted by Gasteiger charge is 2.35. The molecule has 2 N–H and O–H groups in total. The molecule has 2 saturated heterocycles. The first-order valence-electron chi connectivity index (χ1n) is 6.81. The van der Waals surface area contributed by atoms with Crippen LogP contribution >= 0.6 is 11.6 Å². The molecule has 1 aromatic rings. The quantitative estimate of drug-likeness (QED) is 0.805. The molecule has 2 unspecified atom stereocenters. The van der Waals surface area contributed by atoms with E-state index in [9.17, 15) is 4.39 Å². The standard InChI is InChI=1S/C14H19ClFN3/c1-9-7-18-4-2-3-10(18)8-19(9)14-6-12(16)11(15)5-13(14)17/h5-6,9-10H,2-4,7-8,17H2,1H3. The summed E-state index contributed by atoms with van der Waals surface area (Å²) >= 11 is 5.77. The average Bonchev–Trinajstić information content (AvgIpc) is 2.80. The van der Waals surface area contributed by atoms with Gasteiger partial charge in [0.2, 0.25) is 0 Å². The number of hydrogen-bond acceptors (Lipinski definition) is 3. The molecule has 2 atom stereocenters. The molecule has 3 rings (SSSR count). The van der Waals surface area contributed by atoms with Crippen LogP contribution in [-0.2, 0) is 0 Å². The molecule has 0 spiro atoms. The molecule has 1 aromatic carbocycles. The zero-order valence-electron chi connectivity index (χ0n) is 11.1. The predicted octanol–water partition coefficient (Wildman–Crippen LogP) is 2.73. The summed E-state index contributed by atoms with van der Waals surface area (Å²) in [5.41, 5.74) is 7.35. The van der Waals surface area contributed by atoms with Gasteiger partial charge in [-0.3, -0.25) is 4.90 Å². The third kappa shape index (κ3) is 2.28. The van der Waals surface area contributed by atoms with Crippen LogP contribution in [0.1, 0.15) is 19.8 Å². The smallest absolute Gasteiger partial charge is 0.144 e. The number of piperazine rings is 1. The summed E-state index contributed by atoms with van der Waals surface area (Å²) in [6.07, 6.45) is 2.48. The number of nitrogens with two attached hydrogens (primary N) is 1. The lowest BCUT2D eigenvalue weighted by molar-refractivity contribution is 0.203. The van der Waals surface area contributed by atoms with Gasteiger partial charge in [-0.1, -0.05) is 11.6 Å². The first kappa shape index (κ1) is 13.0. The maximum Gasteiger partial charge on any atom is 0.144 e. The normalized spacial score (nSPS) is 27.6. The van der Waals surface area contributed by atoms with Crippen molar-refractivity contribution in [2.75, 3.05) is 30.3 Å². The zero-order valence-corrected chi connectivity index (χ0v) is 11.8. The van der Waals surface area contributed by atoms with Crippen molar-refractivity contribution in [3.8, 4) is 0 Å². The second-order valence-corrected chi connectivity index (χ2v) is 6.02. The van der Waals surface area contributed by atoms with Crippen LogP contribution in [0.15, 0.2) is 12.1 Å². The van der Waals surface area contributed by atoms with E-state index < -0.39 is 5.82 Å². The minimum absolute atomic E-state index is 0.0911. The zero-order chi connectivity index (χ0) is 13.6. The maximum absolute atomic E-state index is 13.7. The first-order valence-corrected chi connectivity index (χ1v) is 7.19. The van der Waals surface area contributed by atoms with Gasteiger partial charge in [0.25, 0.3) is 0 Å². The van der Waals surface area contributed by atoms with Crippen LogP contribution in [0.2, 0.25) is 5.02 Å². The number of rotatable bonds is 1. The van der Waals surface area contributed by atoms with Crippen LogP contribution in [0.25, 0.3) is 0 Å². The SMILES string of the molecule is CC1CN2CCCC2CN1c1cc(F)c(Cl)cc1N. The van der Waals surface area contributed by atoms with Gasteiger partial charge >= 0.3 is 0 Å². The Kier molecular flexibility index (Phi) is 3.31. The van der Waals surface area contributed by atoms with E-state index in [2.05, 4.69) is 16.7 Å². The third-order valence-electron chi connectivity index (χ3n) is 4.32. The summed E-state index contributed by atoms with van der Waals surface area (Å²) in [5.74, 6) is -0.396. The molecular formula is C14H19ClFN3. The molecular weight excluding hydrogens is 265 g/mol. The van der Waals surface area contributed by atoms with Crippen LogP contribution in [0.4, 0.5) is 15.8 Å². The third-order valence-corrected chi connectivity index (χ3v) is 4.61. The molecule has 2 heterocycles. The van der Waals surface area contributed by atoms with Crippen molar-refractivity contribution in [3.63, 3.8) is 0 Å². The molecule has 2 fully saturated rings. The summed E-state index contributed by atoms with van der Waals surface area (Å²) in [6, 6.07) is 3.91. The van der Waals surface area contributed by atoms with Gasteiger partial charge in [-0.05, 0) is 32.4 Å². The average molecular weight is 284 g/mol. The Morgan fingerprint density at radius 2 is 2.16 bits per heavy atom. The Morgan fingerprint density at radius 3 is 2.95 bits per heavy atom. The summed E-state index contributed by atoms with van der Waals surface area (Å²) < 4.78 is 13.7. The fraction of sp³-hybridized carbons (Fsp3) is 0.571. The number of halogens is 2. The van der Waals surface area contributed by atoms with Crippen LogP contribution in [-0.4, -0.2) is 36.6 Å². The minimum atomic E-state index is -0.396. The highest BCUT2D eigenvalue weighted by Crippen LogP contribution is 2.34. The first-order chi connectivity index (χ1) is 9.06. The number of nitrogen functional groups attached to an aromatic ring is 1. The van der Waals surface area contributed by atoms with Crippen molar-refractivity contribution in [1.82, 2.24) is 4.90 Å². The van der Waals surface area contributed by atoms with E-state index in [1.807, 2.05) is 0 Å².